The molecule has 0 heterocycles. The zero-order valence-corrected chi connectivity index (χ0v) is 12.0. The number of nitrogens with one attached hydrogen (secondary N) is 1. The highest BCUT2D eigenvalue weighted by molar-refractivity contribution is 5.95. The average molecular weight is 285 g/mol. The Morgan fingerprint density at radius 3 is 2.43 bits per heavy atom. The second-order valence-electron chi connectivity index (χ2n) is 4.75. The molecule has 2 N–H and O–H groups in total. The monoisotopic (exact) mass is 285 g/mol. The molecule has 0 aliphatic heterocycles. The van der Waals surface area contributed by atoms with Gasteiger partial charge in [0.2, 0.25) is 0 Å². The van der Waals surface area contributed by atoms with E-state index in [9.17, 15) is 4.79 Å². The third-order valence-electron chi connectivity index (χ3n) is 3.22. The first-order valence-corrected chi connectivity index (χ1v) is 6.78. The lowest BCUT2D eigenvalue weighted by Gasteiger charge is -2.10. The highest BCUT2D eigenvalue weighted by Gasteiger charge is 2.10. The lowest BCUT2D eigenvalue weighted by molar-refractivity contribution is 0.0946. The topological polar surface area (TPSA) is 58.6 Å². The van der Waals surface area contributed by atoms with Crippen molar-refractivity contribution in [1.29, 1.82) is 0 Å². The van der Waals surface area contributed by atoms with Gasteiger partial charge in [0.15, 0.2) is 0 Å². The van der Waals surface area contributed by atoms with Gasteiger partial charge in [0.1, 0.15) is 0 Å². The number of methoxy groups -OCH3 is 1. The van der Waals surface area contributed by atoms with Crippen LogP contribution in [0.3, 0.4) is 0 Å². The third-order valence-corrected chi connectivity index (χ3v) is 3.22. The number of carbonyl (C=O) groups is 1. The van der Waals surface area contributed by atoms with E-state index in [0.717, 1.165) is 16.7 Å². The number of hydrogen-bond donors (Lipinski definition) is 2. The van der Waals surface area contributed by atoms with Gasteiger partial charge in [-0.2, -0.15) is 0 Å². The van der Waals surface area contributed by atoms with E-state index in [2.05, 4.69) is 5.32 Å². The van der Waals surface area contributed by atoms with Crippen LogP contribution in [0, 0.1) is 0 Å². The maximum absolute atomic E-state index is 12.2. The summed E-state index contributed by atoms with van der Waals surface area (Å²) in [5.41, 5.74) is 3.35. The summed E-state index contributed by atoms with van der Waals surface area (Å²) in [5.74, 6) is -0.117. The van der Waals surface area contributed by atoms with Crippen LogP contribution in [0.2, 0.25) is 0 Å². The highest BCUT2D eigenvalue weighted by atomic mass is 16.5. The average Bonchev–Trinajstić information content (AvgIpc) is 2.54. The molecule has 0 saturated heterocycles. The molecule has 0 aliphatic rings. The first-order chi connectivity index (χ1) is 10.2. The second kappa shape index (κ2) is 7.57. The Morgan fingerprint density at radius 2 is 1.76 bits per heavy atom. The van der Waals surface area contributed by atoms with Crippen LogP contribution in [-0.2, 0) is 24.5 Å². The molecule has 2 rings (SSSR count). The number of benzene rings is 2. The van der Waals surface area contributed by atoms with Gasteiger partial charge in [-0.25, -0.2) is 0 Å². The molecule has 21 heavy (non-hydrogen) atoms. The minimum Gasteiger partial charge on any atom is -0.392 e. The zero-order chi connectivity index (χ0) is 15.1. The number of amides is 1. The van der Waals surface area contributed by atoms with Crippen LogP contribution in [0.5, 0.6) is 0 Å². The summed E-state index contributed by atoms with van der Waals surface area (Å²) >= 11 is 0. The van der Waals surface area contributed by atoms with E-state index >= 15 is 0 Å². The number of aliphatic hydroxyl groups is 1. The maximum atomic E-state index is 12.2. The Kier molecular flexibility index (Phi) is 5.49. The number of ether oxygens (including phenoxy) is 1. The molecule has 0 aliphatic carbocycles. The molecule has 0 fully saturated rings. The van der Waals surface area contributed by atoms with Crippen LogP contribution in [0.25, 0.3) is 0 Å². The van der Waals surface area contributed by atoms with Crippen LogP contribution in [0.4, 0.5) is 0 Å². The summed E-state index contributed by atoms with van der Waals surface area (Å²) in [6.07, 6.45) is 0. The molecule has 2 aromatic rings. The van der Waals surface area contributed by atoms with Gasteiger partial charge >= 0.3 is 0 Å². The number of carbonyl (C=O) groups excluding carboxylic acids is 1. The van der Waals surface area contributed by atoms with Crippen molar-refractivity contribution in [2.75, 3.05) is 7.11 Å². The summed E-state index contributed by atoms with van der Waals surface area (Å²) in [6, 6.07) is 14.9. The van der Waals surface area contributed by atoms with Crippen molar-refractivity contribution in [2.24, 2.45) is 0 Å². The van der Waals surface area contributed by atoms with Gasteiger partial charge in [-0.05, 0) is 22.8 Å². The molecule has 1 amide bonds. The fourth-order valence-electron chi connectivity index (χ4n) is 2.06. The largest absolute Gasteiger partial charge is 0.392 e. The molecule has 4 nitrogen and oxygen atoms in total. The van der Waals surface area contributed by atoms with Gasteiger partial charge in [-0.1, -0.05) is 42.5 Å². The Bertz CT molecular complexity index is 593. The van der Waals surface area contributed by atoms with Crippen molar-refractivity contribution in [3.05, 3.63) is 70.8 Å². The molecule has 2 aromatic carbocycles. The standard InChI is InChI=1S/C17H19NO3/c1-21-12-15-4-2-3-5-16(15)17(20)18-10-13-6-8-14(11-19)9-7-13/h2-9,19H,10-12H2,1H3,(H,18,20). The van der Waals surface area contributed by atoms with E-state index in [0.29, 0.717) is 18.7 Å². The van der Waals surface area contributed by atoms with Crippen LogP contribution in [0.15, 0.2) is 48.5 Å². The summed E-state index contributed by atoms with van der Waals surface area (Å²) in [6.45, 7) is 0.887. The summed E-state index contributed by atoms with van der Waals surface area (Å²) in [7, 11) is 1.61. The number of hydrogen-bond acceptors (Lipinski definition) is 3. The summed E-state index contributed by atoms with van der Waals surface area (Å²) < 4.78 is 5.10. The Morgan fingerprint density at radius 1 is 1.10 bits per heavy atom. The Labute approximate surface area is 124 Å². The number of rotatable bonds is 6. The smallest absolute Gasteiger partial charge is 0.251 e. The zero-order valence-electron chi connectivity index (χ0n) is 12.0. The SMILES string of the molecule is COCc1ccccc1C(=O)NCc1ccc(CO)cc1. The lowest BCUT2D eigenvalue weighted by Crippen LogP contribution is -2.24. The van der Waals surface area contributed by atoms with Crippen molar-refractivity contribution in [1.82, 2.24) is 5.32 Å². The third kappa shape index (κ3) is 4.15. The highest BCUT2D eigenvalue weighted by Crippen LogP contribution is 2.10. The van der Waals surface area contributed by atoms with Gasteiger partial charge in [0.25, 0.3) is 5.91 Å². The van der Waals surface area contributed by atoms with Gasteiger partial charge in [-0.3, -0.25) is 4.79 Å². The van der Waals surface area contributed by atoms with Gasteiger partial charge < -0.3 is 15.2 Å². The number of aliphatic hydroxyl groups excluding tert-OH is 1. The van der Waals surface area contributed by atoms with Crippen molar-refractivity contribution < 1.29 is 14.6 Å². The molecule has 0 atom stereocenters. The van der Waals surface area contributed by atoms with E-state index < -0.39 is 0 Å². The molecule has 0 radical (unpaired) electrons. The van der Waals surface area contributed by atoms with Crippen LogP contribution in [0.1, 0.15) is 27.0 Å². The molecule has 4 heteroatoms. The summed E-state index contributed by atoms with van der Waals surface area (Å²) in [4.78, 5) is 12.2. The van der Waals surface area contributed by atoms with Gasteiger partial charge in [-0.15, -0.1) is 0 Å². The predicted molar refractivity (Wildman–Crippen MR) is 80.7 cm³/mol. The van der Waals surface area contributed by atoms with E-state index in [1.807, 2.05) is 42.5 Å². The second-order valence-corrected chi connectivity index (χ2v) is 4.75. The fraction of sp³-hybridized carbons (Fsp3) is 0.235. The molecule has 0 bridgehead atoms. The predicted octanol–water partition coefficient (Wildman–Crippen LogP) is 2.26. The molecule has 0 aromatic heterocycles. The fourth-order valence-corrected chi connectivity index (χ4v) is 2.06. The Hall–Kier alpha value is -2.17. The maximum Gasteiger partial charge on any atom is 0.251 e. The molecule has 110 valence electrons. The van der Waals surface area contributed by atoms with Gasteiger partial charge in [0, 0.05) is 19.2 Å². The van der Waals surface area contributed by atoms with Crippen molar-refractivity contribution in [2.45, 2.75) is 19.8 Å². The normalized spacial score (nSPS) is 10.4. The molecular formula is C17H19NO3. The van der Waals surface area contributed by atoms with E-state index in [-0.39, 0.29) is 12.5 Å². The molecular weight excluding hydrogens is 266 g/mol. The first-order valence-electron chi connectivity index (χ1n) is 6.78. The van der Waals surface area contributed by atoms with Crippen molar-refractivity contribution in [3.63, 3.8) is 0 Å². The van der Waals surface area contributed by atoms with E-state index in [1.165, 1.54) is 0 Å². The molecule has 0 saturated carbocycles. The Balaban J connectivity index is 2.01. The van der Waals surface area contributed by atoms with E-state index in [1.54, 1.807) is 13.2 Å². The van der Waals surface area contributed by atoms with Crippen molar-refractivity contribution in [3.8, 4) is 0 Å². The van der Waals surface area contributed by atoms with Crippen molar-refractivity contribution >= 4 is 5.91 Å². The quantitative estimate of drug-likeness (QED) is 0.856. The van der Waals surface area contributed by atoms with Gasteiger partial charge in [0.05, 0.1) is 13.2 Å². The lowest BCUT2D eigenvalue weighted by atomic mass is 10.1. The van der Waals surface area contributed by atoms with Crippen LogP contribution >= 0.6 is 0 Å². The molecule has 0 unspecified atom stereocenters. The van der Waals surface area contributed by atoms with E-state index in [4.69, 9.17) is 9.84 Å². The molecule has 0 spiro atoms. The summed E-state index contributed by atoms with van der Waals surface area (Å²) in [5, 5.41) is 11.9. The van der Waals surface area contributed by atoms with Crippen LogP contribution in [-0.4, -0.2) is 18.1 Å². The van der Waals surface area contributed by atoms with Crippen LogP contribution < -0.4 is 5.32 Å². The minimum absolute atomic E-state index is 0.0248. The first kappa shape index (κ1) is 15.2. The minimum atomic E-state index is -0.117.